The van der Waals surface area contributed by atoms with Crippen molar-refractivity contribution in [2.45, 2.75) is 37.1 Å². The third-order valence-electron chi connectivity index (χ3n) is 8.29. The number of hydrogen-bond donors (Lipinski definition) is 1. The summed E-state index contributed by atoms with van der Waals surface area (Å²) in [5.41, 5.74) is 1.90. The number of allylic oxidation sites excluding steroid dienone is 3. The fourth-order valence-electron chi connectivity index (χ4n) is 5.77. The van der Waals surface area contributed by atoms with Crippen LogP contribution in [0.15, 0.2) is 81.5 Å². The highest BCUT2D eigenvalue weighted by Crippen LogP contribution is 2.36. The minimum absolute atomic E-state index is 0.0368. The third-order valence-corrected chi connectivity index (χ3v) is 9.67. The summed E-state index contributed by atoms with van der Waals surface area (Å²) in [7, 11) is -1.24. The Morgan fingerprint density at radius 1 is 1.04 bits per heavy atom. The van der Waals surface area contributed by atoms with Crippen molar-refractivity contribution in [1.29, 1.82) is 0 Å². The second-order valence-electron chi connectivity index (χ2n) is 11.3. The predicted molar refractivity (Wildman–Crippen MR) is 168 cm³/mol. The number of para-hydroxylation sites is 1. The van der Waals surface area contributed by atoms with Crippen LogP contribution in [0.5, 0.6) is 11.5 Å². The van der Waals surface area contributed by atoms with Gasteiger partial charge in [0, 0.05) is 38.0 Å². The molecule has 1 N–H and O–H groups in total. The van der Waals surface area contributed by atoms with Crippen LogP contribution in [-0.4, -0.2) is 63.1 Å². The molecule has 0 atom stereocenters. The maximum Gasteiger partial charge on any atom is 0.266 e. The van der Waals surface area contributed by atoms with Gasteiger partial charge < -0.3 is 23.6 Å². The topological polar surface area (TPSA) is 138 Å². The SMILES string of the molecule is COc1ccccc1S(=O)(=O)Nc1noc2cc(Cn3cc(N4CCC(C(=O)COC5=C(F)CCC(F)=C5F)CC4)cn3)cc(OC)c12. The van der Waals surface area contributed by atoms with Gasteiger partial charge in [0.25, 0.3) is 10.0 Å². The largest absolute Gasteiger partial charge is 0.496 e. The van der Waals surface area contributed by atoms with Crippen molar-refractivity contribution < 1.29 is 45.1 Å². The number of carbonyl (C=O) groups excluding carboxylic acids is 1. The van der Waals surface area contributed by atoms with Crippen LogP contribution in [0.3, 0.4) is 0 Å². The van der Waals surface area contributed by atoms with Crippen molar-refractivity contribution >= 4 is 38.3 Å². The maximum atomic E-state index is 13.9. The summed E-state index contributed by atoms with van der Waals surface area (Å²) in [6.07, 6.45) is 3.91. The molecule has 254 valence electrons. The summed E-state index contributed by atoms with van der Waals surface area (Å²) in [6, 6.07) is 9.66. The van der Waals surface area contributed by atoms with Crippen molar-refractivity contribution in [3.8, 4) is 11.5 Å². The van der Waals surface area contributed by atoms with Crippen LogP contribution in [0, 0.1) is 5.92 Å². The number of methoxy groups -OCH3 is 2. The average molecular weight is 688 g/mol. The maximum absolute atomic E-state index is 13.9. The molecular weight excluding hydrogens is 655 g/mol. The van der Waals surface area contributed by atoms with Crippen molar-refractivity contribution in [2.75, 3.05) is 43.5 Å². The van der Waals surface area contributed by atoms with E-state index in [1.807, 2.05) is 6.20 Å². The number of piperidine rings is 1. The molecule has 16 heteroatoms. The van der Waals surface area contributed by atoms with E-state index < -0.39 is 39.9 Å². The van der Waals surface area contributed by atoms with Gasteiger partial charge in [-0.15, -0.1) is 0 Å². The fraction of sp³-hybridized carbons (Fsp3) is 0.344. The van der Waals surface area contributed by atoms with Gasteiger partial charge in [-0.25, -0.2) is 17.2 Å². The van der Waals surface area contributed by atoms with Crippen molar-refractivity contribution in [3.05, 3.63) is 77.6 Å². The Morgan fingerprint density at radius 2 is 1.77 bits per heavy atom. The molecule has 2 aromatic heterocycles. The van der Waals surface area contributed by atoms with Crippen LogP contribution in [0.25, 0.3) is 11.0 Å². The first-order chi connectivity index (χ1) is 23.1. The number of benzene rings is 2. The smallest absolute Gasteiger partial charge is 0.266 e. The average Bonchev–Trinajstić information content (AvgIpc) is 3.73. The number of halogens is 3. The zero-order valence-electron chi connectivity index (χ0n) is 26.0. The minimum Gasteiger partial charge on any atom is -0.496 e. The molecule has 2 aromatic carbocycles. The van der Waals surface area contributed by atoms with E-state index in [0.29, 0.717) is 49.2 Å². The standard InChI is InChI=1S/C32H32F3N5O7S/c1-44-25-5-3-4-6-28(25)48(42,43)38-32-29-26(45-2)13-19(14-27(29)47-37-32)16-40-17-21(15-36-40)39-11-9-20(10-12-39)24(41)18-46-31-23(34)8-7-22(33)30(31)35/h3-6,13-15,17,20H,7-12,16,18H2,1-2H3,(H,37,38). The molecule has 0 amide bonds. The first kappa shape index (κ1) is 32.9. The molecule has 1 fully saturated rings. The van der Waals surface area contributed by atoms with Gasteiger partial charge in [0.2, 0.25) is 0 Å². The summed E-state index contributed by atoms with van der Waals surface area (Å²) < 4.78 is 93.1. The predicted octanol–water partition coefficient (Wildman–Crippen LogP) is 5.82. The molecule has 4 aromatic rings. The van der Waals surface area contributed by atoms with E-state index in [1.165, 1.54) is 26.4 Å². The van der Waals surface area contributed by atoms with Gasteiger partial charge in [0.15, 0.2) is 28.8 Å². The first-order valence-electron chi connectivity index (χ1n) is 15.1. The number of rotatable bonds is 12. The van der Waals surface area contributed by atoms with Crippen LogP contribution >= 0.6 is 0 Å². The molecule has 12 nitrogen and oxygen atoms in total. The van der Waals surface area contributed by atoms with E-state index in [9.17, 15) is 26.4 Å². The van der Waals surface area contributed by atoms with Crippen LogP contribution in [-0.2, 0) is 26.1 Å². The monoisotopic (exact) mass is 687 g/mol. The third kappa shape index (κ3) is 6.70. The Balaban J connectivity index is 1.08. The van der Waals surface area contributed by atoms with E-state index in [2.05, 4.69) is 19.9 Å². The highest BCUT2D eigenvalue weighted by atomic mass is 32.2. The van der Waals surface area contributed by atoms with Gasteiger partial charge >= 0.3 is 0 Å². The Labute approximate surface area is 273 Å². The van der Waals surface area contributed by atoms with Gasteiger partial charge in [0.05, 0.1) is 32.6 Å². The quantitative estimate of drug-likeness (QED) is 0.194. The Morgan fingerprint density at radius 3 is 2.52 bits per heavy atom. The van der Waals surface area contributed by atoms with E-state index in [1.54, 1.807) is 35.1 Å². The Bertz CT molecular complexity index is 2020. The van der Waals surface area contributed by atoms with Gasteiger partial charge in [-0.05, 0) is 42.7 Å². The van der Waals surface area contributed by atoms with Gasteiger partial charge in [-0.2, -0.15) is 9.49 Å². The lowest BCUT2D eigenvalue weighted by Crippen LogP contribution is -2.37. The molecule has 0 unspecified atom stereocenters. The molecule has 0 bridgehead atoms. The van der Waals surface area contributed by atoms with Gasteiger partial charge in [-0.3, -0.25) is 14.2 Å². The number of nitrogens with zero attached hydrogens (tertiary/aromatic N) is 4. The number of hydrogen-bond acceptors (Lipinski definition) is 10. The van der Waals surface area contributed by atoms with Crippen molar-refractivity contribution in [2.24, 2.45) is 5.92 Å². The normalized spacial score (nSPS) is 16.1. The number of carbonyl (C=O) groups is 1. The molecule has 2 aliphatic rings. The number of sulfonamides is 1. The highest BCUT2D eigenvalue weighted by Gasteiger charge is 2.29. The second-order valence-corrected chi connectivity index (χ2v) is 13.0. The highest BCUT2D eigenvalue weighted by molar-refractivity contribution is 7.92. The van der Waals surface area contributed by atoms with Crippen LogP contribution < -0.4 is 19.1 Å². The Hall–Kier alpha value is -4.99. The minimum atomic E-state index is -4.07. The molecule has 48 heavy (non-hydrogen) atoms. The summed E-state index contributed by atoms with van der Waals surface area (Å²) >= 11 is 0. The summed E-state index contributed by atoms with van der Waals surface area (Å²) in [6.45, 7) is 0.903. The summed E-state index contributed by atoms with van der Waals surface area (Å²) in [5.74, 6) is -4.34. The number of ether oxygens (including phenoxy) is 3. The molecule has 1 aliphatic heterocycles. The second kappa shape index (κ2) is 13.6. The molecule has 3 heterocycles. The van der Waals surface area contributed by atoms with Crippen LogP contribution in [0.2, 0.25) is 0 Å². The van der Waals surface area contributed by atoms with E-state index in [4.69, 9.17) is 18.7 Å². The lowest BCUT2D eigenvalue weighted by atomic mass is 9.92. The molecule has 6 rings (SSSR count). The van der Waals surface area contributed by atoms with Crippen LogP contribution in [0.4, 0.5) is 24.7 Å². The molecule has 0 spiro atoms. The number of ketones is 1. The fourth-order valence-corrected chi connectivity index (χ4v) is 6.95. The lowest BCUT2D eigenvalue weighted by molar-refractivity contribution is -0.126. The van der Waals surface area contributed by atoms with Gasteiger partial charge in [-0.1, -0.05) is 17.3 Å². The zero-order valence-corrected chi connectivity index (χ0v) is 26.9. The van der Waals surface area contributed by atoms with Crippen LogP contribution in [0.1, 0.15) is 31.2 Å². The van der Waals surface area contributed by atoms with E-state index in [-0.39, 0.29) is 41.0 Å². The zero-order chi connectivity index (χ0) is 34.0. The van der Waals surface area contributed by atoms with E-state index >= 15 is 0 Å². The molecule has 1 aliphatic carbocycles. The number of nitrogens with one attached hydrogen (secondary N) is 1. The number of fused-ring (bicyclic) bond motifs is 1. The number of aromatic nitrogens is 3. The number of Topliss-reactive ketones (excluding diaryl/α,β-unsaturated/α-hetero) is 1. The summed E-state index contributed by atoms with van der Waals surface area (Å²) in [4.78, 5) is 14.7. The first-order valence-corrected chi connectivity index (χ1v) is 16.5. The number of anilines is 2. The molecule has 0 radical (unpaired) electrons. The van der Waals surface area contributed by atoms with Crippen molar-refractivity contribution in [3.63, 3.8) is 0 Å². The lowest BCUT2D eigenvalue weighted by Gasteiger charge is -2.32. The molecule has 0 saturated carbocycles. The Kier molecular flexibility index (Phi) is 9.35. The van der Waals surface area contributed by atoms with E-state index in [0.717, 1.165) is 11.3 Å². The van der Waals surface area contributed by atoms with Crippen molar-refractivity contribution in [1.82, 2.24) is 14.9 Å². The molecular formula is C32H32F3N5O7S. The molecule has 1 saturated heterocycles. The van der Waals surface area contributed by atoms with Gasteiger partial charge in [0.1, 0.15) is 40.0 Å². The summed E-state index contributed by atoms with van der Waals surface area (Å²) in [5, 5.41) is 8.76.